The summed E-state index contributed by atoms with van der Waals surface area (Å²) in [6.07, 6.45) is 3.78. The molecule has 4 rings (SSSR count). The van der Waals surface area contributed by atoms with Gasteiger partial charge in [0.05, 0.1) is 0 Å². The smallest absolute Gasteiger partial charge is 0.0494 e. The van der Waals surface area contributed by atoms with Crippen molar-refractivity contribution in [3.05, 3.63) is 48.0 Å². The Labute approximate surface area is 131 Å². The topological polar surface area (TPSA) is 30.9 Å². The molecule has 22 heavy (non-hydrogen) atoms. The lowest BCUT2D eigenvalue weighted by Gasteiger charge is -2.41. The van der Waals surface area contributed by atoms with E-state index in [2.05, 4.69) is 60.9 Å². The zero-order chi connectivity index (χ0) is 15.3. The predicted octanol–water partition coefficient (Wildman–Crippen LogP) is 4.76. The maximum atomic E-state index is 6.11. The van der Waals surface area contributed by atoms with Crippen molar-refractivity contribution in [2.24, 2.45) is 5.73 Å². The van der Waals surface area contributed by atoms with Crippen LogP contribution in [0.25, 0.3) is 21.8 Å². The lowest BCUT2D eigenvalue weighted by atomic mass is 9.64. The van der Waals surface area contributed by atoms with E-state index in [0.717, 1.165) is 6.54 Å². The monoisotopic (exact) mass is 292 g/mol. The van der Waals surface area contributed by atoms with Crippen LogP contribution in [0.2, 0.25) is 0 Å². The van der Waals surface area contributed by atoms with Crippen LogP contribution < -0.4 is 5.73 Å². The van der Waals surface area contributed by atoms with Crippen molar-refractivity contribution in [2.75, 3.05) is 6.54 Å². The van der Waals surface area contributed by atoms with Crippen LogP contribution in [0.4, 0.5) is 0 Å². The average Bonchev–Trinajstić information content (AvgIpc) is 2.81. The molecular formula is C20H24N2. The highest BCUT2D eigenvalue weighted by atomic mass is 15.0. The molecule has 2 aromatic carbocycles. The van der Waals surface area contributed by atoms with Gasteiger partial charge in [0.1, 0.15) is 0 Å². The summed E-state index contributed by atoms with van der Waals surface area (Å²) in [4.78, 5) is 0. The number of para-hydroxylation sites is 1. The first-order valence-electron chi connectivity index (χ1n) is 8.39. The Morgan fingerprint density at radius 2 is 1.77 bits per heavy atom. The third kappa shape index (κ3) is 1.77. The van der Waals surface area contributed by atoms with Crippen molar-refractivity contribution in [1.82, 2.24) is 4.57 Å². The van der Waals surface area contributed by atoms with E-state index in [1.807, 2.05) is 0 Å². The van der Waals surface area contributed by atoms with Gasteiger partial charge < -0.3 is 10.3 Å². The SMILES string of the molecule is CC(C)n1c2ccccc2c2cc(C3(CN)CCC3)ccc21. The maximum Gasteiger partial charge on any atom is 0.0494 e. The van der Waals surface area contributed by atoms with E-state index in [0.29, 0.717) is 6.04 Å². The normalized spacial score (nSPS) is 17.3. The van der Waals surface area contributed by atoms with Gasteiger partial charge in [-0.2, -0.15) is 0 Å². The van der Waals surface area contributed by atoms with Crippen LogP contribution in [0.15, 0.2) is 42.5 Å². The van der Waals surface area contributed by atoms with E-state index in [1.54, 1.807) is 0 Å². The number of aromatic nitrogens is 1. The molecule has 0 aliphatic heterocycles. The van der Waals surface area contributed by atoms with E-state index in [-0.39, 0.29) is 5.41 Å². The lowest BCUT2D eigenvalue weighted by molar-refractivity contribution is 0.253. The minimum Gasteiger partial charge on any atom is -0.338 e. The van der Waals surface area contributed by atoms with Crippen molar-refractivity contribution in [2.45, 2.75) is 44.6 Å². The van der Waals surface area contributed by atoms with Crippen molar-refractivity contribution >= 4 is 21.8 Å². The van der Waals surface area contributed by atoms with Crippen LogP contribution in [0.3, 0.4) is 0 Å². The molecule has 0 radical (unpaired) electrons. The molecule has 1 heterocycles. The summed E-state index contributed by atoms with van der Waals surface area (Å²) in [5.74, 6) is 0. The van der Waals surface area contributed by atoms with Crippen LogP contribution in [0, 0.1) is 0 Å². The van der Waals surface area contributed by atoms with E-state index < -0.39 is 0 Å². The van der Waals surface area contributed by atoms with E-state index >= 15 is 0 Å². The van der Waals surface area contributed by atoms with Gasteiger partial charge in [-0.25, -0.2) is 0 Å². The summed E-state index contributed by atoms with van der Waals surface area (Å²) < 4.78 is 2.45. The van der Waals surface area contributed by atoms with Gasteiger partial charge in [-0.05, 0) is 50.5 Å². The van der Waals surface area contributed by atoms with Crippen LogP contribution in [-0.4, -0.2) is 11.1 Å². The fraction of sp³-hybridized carbons (Fsp3) is 0.400. The zero-order valence-electron chi connectivity index (χ0n) is 13.5. The lowest BCUT2D eigenvalue weighted by Crippen LogP contribution is -2.41. The Balaban J connectivity index is 2.02. The molecule has 1 saturated carbocycles. The first-order chi connectivity index (χ1) is 10.7. The first kappa shape index (κ1) is 13.8. The quantitative estimate of drug-likeness (QED) is 0.741. The molecule has 0 spiro atoms. The van der Waals surface area contributed by atoms with Crippen LogP contribution in [0.5, 0.6) is 0 Å². The standard InChI is InChI=1S/C20H24N2/c1-14(2)22-18-7-4-3-6-16(18)17-12-15(8-9-19(17)22)20(13-21)10-5-11-20/h3-4,6-9,12,14H,5,10-11,13,21H2,1-2H3. The molecule has 3 aromatic rings. The number of rotatable bonds is 3. The number of nitrogens with two attached hydrogens (primary N) is 1. The highest BCUT2D eigenvalue weighted by Crippen LogP contribution is 2.44. The summed E-state index contributed by atoms with van der Waals surface area (Å²) in [5, 5.41) is 2.74. The van der Waals surface area contributed by atoms with E-state index in [4.69, 9.17) is 5.73 Å². The molecule has 0 amide bonds. The Morgan fingerprint density at radius 1 is 1.05 bits per heavy atom. The van der Waals surface area contributed by atoms with Crippen LogP contribution >= 0.6 is 0 Å². The summed E-state index contributed by atoms with van der Waals surface area (Å²) in [6.45, 7) is 5.28. The van der Waals surface area contributed by atoms with Crippen molar-refractivity contribution < 1.29 is 0 Å². The van der Waals surface area contributed by atoms with Gasteiger partial charge in [-0.3, -0.25) is 0 Å². The molecule has 2 N–H and O–H groups in total. The van der Waals surface area contributed by atoms with Gasteiger partial charge in [-0.1, -0.05) is 30.7 Å². The molecule has 1 aliphatic carbocycles. The molecule has 1 aliphatic rings. The number of hydrogen-bond donors (Lipinski definition) is 1. The molecule has 0 saturated heterocycles. The minimum absolute atomic E-state index is 0.231. The Kier molecular flexibility index (Phi) is 3.05. The average molecular weight is 292 g/mol. The second-order valence-corrected chi connectivity index (χ2v) is 7.05. The Morgan fingerprint density at radius 3 is 2.41 bits per heavy atom. The third-order valence-corrected chi connectivity index (χ3v) is 5.54. The van der Waals surface area contributed by atoms with Crippen LogP contribution in [-0.2, 0) is 5.41 Å². The van der Waals surface area contributed by atoms with E-state index in [1.165, 1.54) is 46.6 Å². The Hall–Kier alpha value is -1.80. The van der Waals surface area contributed by atoms with Gasteiger partial charge in [0.25, 0.3) is 0 Å². The van der Waals surface area contributed by atoms with Gasteiger partial charge >= 0.3 is 0 Å². The molecule has 114 valence electrons. The van der Waals surface area contributed by atoms with Gasteiger partial charge in [0, 0.05) is 39.8 Å². The van der Waals surface area contributed by atoms with Gasteiger partial charge in [-0.15, -0.1) is 0 Å². The number of fused-ring (bicyclic) bond motifs is 3. The van der Waals surface area contributed by atoms with Gasteiger partial charge in [0.15, 0.2) is 0 Å². The molecule has 1 aromatic heterocycles. The predicted molar refractivity (Wildman–Crippen MR) is 94.4 cm³/mol. The van der Waals surface area contributed by atoms with Crippen molar-refractivity contribution in [3.63, 3.8) is 0 Å². The van der Waals surface area contributed by atoms with Gasteiger partial charge in [0.2, 0.25) is 0 Å². The van der Waals surface area contributed by atoms with Crippen molar-refractivity contribution in [1.29, 1.82) is 0 Å². The molecule has 0 unspecified atom stereocenters. The maximum absolute atomic E-state index is 6.11. The highest BCUT2D eigenvalue weighted by molar-refractivity contribution is 6.08. The van der Waals surface area contributed by atoms with E-state index in [9.17, 15) is 0 Å². The largest absolute Gasteiger partial charge is 0.338 e. The zero-order valence-corrected chi connectivity index (χ0v) is 13.5. The third-order valence-electron chi connectivity index (χ3n) is 5.54. The fourth-order valence-electron chi connectivity index (χ4n) is 4.10. The number of nitrogens with zero attached hydrogens (tertiary/aromatic N) is 1. The second-order valence-electron chi connectivity index (χ2n) is 7.05. The molecule has 2 nitrogen and oxygen atoms in total. The number of hydrogen-bond acceptors (Lipinski definition) is 1. The molecule has 2 heteroatoms. The summed E-state index contributed by atoms with van der Waals surface area (Å²) in [7, 11) is 0. The summed E-state index contributed by atoms with van der Waals surface area (Å²) in [5.41, 5.74) is 10.4. The second kappa shape index (κ2) is 4.85. The van der Waals surface area contributed by atoms with Crippen LogP contribution in [0.1, 0.15) is 44.7 Å². The summed E-state index contributed by atoms with van der Waals surface area (Å²) in [6, 6.07) is 16.2. The fourth-order valence-corrected chi connectivity index (χ4v) is 4.10. The molecule has 0 atom stereocenters. The molecular weight excluding hydrogens is 268 g/mol. The molecule has 0 bridgehead atoms. The Bertz CT molecular complexity index is 832. The highest BCUT2D eigenvalue weighted by Gasteiger charge is 2.37. The molecule has 1 fully saturated rings. The van der Waals surface area contributed by atoms with Crippen molar-refractivity contribution in [3.8, 4) is 0 Å². The summed E-state index contributed by atoms with van der Waals surface area (Å²) >= 11 is 0. The minimum atomic E-state index is 0.231. The first-order valence-corrected chi connectivity index (χ1v) is 8.39. The number of benzene rings is 2.